The zero-order chi connectivity index (χ0) is 17.0. The van der Waals surface area contributed by atoms with Crippen molar-refractivity contribution < 1.29 is 26.3 Å². The van der Waals surface area contributed by atoms with Crippen molar-refractivity contribution in [2.45, 2.75) is 25.4 Å². The molecular weight excluding hydrogens is 318 g/mol. The molecule has 124 valence electrons. The van der Waals surface area contributed by atoms with Gasteiger partial charge in [-0.2, -0.15) is 13.2 Å². The molecule has 0 bridgehead atoms. The summed E-state index contributed by atoms with van der Waals surface area (Å²) < 4.78 is 76.8. The Hall–Kier alpha value is -1.98. The van der Waals surface area contributed by atoms with Crippen molar-refractivity contribution >= 4 is 0 Å². The third kappa shape index (κ3) is 4.27. The summed E-state index contributed by atoms with van der Waals surface area (Å²) >= 11 is 0. The quantitative estimate of drug-likeness (QED) is 0.469. The Morgan fingerprint density at radius 3 is 1.83 bits per heavy atom. The molecule has 0 nitrogen and oxygen atoms in total. The first kappa shape index (κ1) is 17.4. The van der Waals surface area contributed by atoms with Crippen LogP contribution in [0.1, 0.15) is 24.0 Å². The first-order chi connectivity index (χ1) is 10.8. The highest BCUT2D eigenvalue weighted by atomic mass is 19.4. The van der Waals surface area contributed by atoms with Gasteiger partial charge < -0.3 is 0 Å². The van der Waals surface area contributed by atoms with Crippen LogP contribution in [0.2, 0.25) is 0 Å². The van der Waals surface area contributed by atoms with Crippen LogP contribution in [0.25, 0.3) is 11.1 Å². The van der Waals surface area contributed by atoms with Crippen LogP contribution in [0.4, 0.5) is 26.3 Å². The van der Waals surface area contributed by atoms with Gasteiger partial charge in [-0.15, -0.1) is 0 Å². The maximum atomic E-state index is 13.6. The van der Waals surface area contributed by atoms with Crippen molar-refractivity contribution in [1.82, 2.24) is 0 Å². The summed E-state index contributed by atoms with van der Waals surface area (Å²) in [6.45, 7) is -0.387. The van der Waals surface area contributed by atoms with Crippen molar-refractivity contribution in [3.63, 3.8) is 0 Å². The second kappa shape index (κ2) is 7.06. The molecule has 0 heterocycles. The number of alkyl halides is 4. The number of benzene rings is 2. The van der Waals surface area contributed by atoms with Gasteiger partial charge in [0.05, 0.1) is 6.67 Å². The van der Waals surface area contributed by atoms with Crippen LogP contribution in [0.15, 0.2) is 36.4 Å². The number of rotatable bonds is 5. The Morgan fingerprint density at radius 1 is 0.783 bits per heavy atom. The van der Waals surface area contributed by atoms with Crippen LogP contribution >= 0.6 is 0 Å². The summed E-state index contributed by atoms with van der Waals surface area (Å²) in [5.74, 6) is -3.28. The summed E-state index contributed by atoms with van der Waals surface area (Å²) in [5, 5.41) is 0. The average molecular weight is 332 g/mol. The zero-order valence-electron chi connectivity index (χ0n) is 12.1. The number of halogens is 6. The lowest BCUT2D eigenvalue weighted by Gasteiger charge is -2.11. The molecule has 2 aromatic rings. The summed E-state index contributed by atoms with van der Waals surface area (Å²) in [6, 6.07) is 7.91. The fourth-order valence-corrected chi connectivity index (χ4v) is 2.30. The second-order valence-corrected chi connectivity index (χ2v) is 5.16. The third-order valence-electron chi connectivity index (χ3n) is 3.46. The van der Waals surface area contributed by atoms with Crippen molar-refractivity contribution in [2.24, 2.45) is 0 Å². The van der Waals surface area contributed by atoms with Gasteiger partial charge >= 0.3 is 6.18 Å². The van der Waals surface area contributed by atoms with Crippen LogP contribution in [-0.4, -0.2) is 6.67 Å². The van der Waals surface area contributed by atoms with Crippen molar-refractivity contribution in [3.05, 3.63) is 59.2 Å². The van der Waals surface area contributed by atoms with Crippen molar-refractivity contribution in [3.8, 4) is 11.1 Å². The standard InChI is InChI=1S/C17H14F6/c18-8-2-1-3-11-4-6-12(7-5-11)13-9-14(19)16(15(20)10-13)17(21,22)23/h4-7,9-10H,1-3,8H2. The normalized spacial score (nSPS) is 11.7. The Bertz CT molecular complexity index is 635. The van der Waals surface area contributed by atoms with Gasteiger partial charge in [0, 0.05) is 0 Å². The van der Waals surface area contributed by atoms with Gasteiger partial charge in [-0.25, -0.2) is 8.78 Å². The van der Waals surface area contributed by atoms with Crippen LogP contribution in [-0.2, 0) is 12.6 Å². The number of hydrogen-bond donors (Lipinski definition) is 0. The van der Waals surface area contributed by atoms with E-state index in [9.17, 15) is 26.3 Å². The maximum Gasteiger partial charge on any atom is 0.422 e. The van der Waals surface area contributed by atoms with Gasteiger partial charge in [-0.3, -0.25) is 4.39 Å². The highest BCUT2D eigenvalue weighted by Gasteiger charge is 2.37. The molecule has 0 saturated carbocycles. The van der Waals surface area contributed by atoms with Gasteiger partial charge in [0.15, 0.2) is 0 Å². The minimum atomic E-state index is -5.08. The Labute approximate surface area is 129 Å². The molecule has 0 aliphatic carbocycles. The third-order valence-corrected chi connectivity index (χ3v) is 3.46. The number of aryl methyl sites for hydroxylation is 1. The fourth-order valence-electron chi connectivity index (χ4n) is 2.30. The van der Waals surface area contributed by atoms with E-state index in [1.54, 1.807) is 24.3 Å². The molecule has 0 saturated heterocycles. The highest BCUT2D eigenvalue weighted by Crippen LogP contribution is 2.35. The van der Waals surface area contributed by atoms with E-state index in [2.05, 4.69) is 0 Å². The molecule has 0 atom stereocenters. The lowest BCUT2D eigenvalue weighted by Crippen LogP contribution is -2.11. The molecule has 0 aromatic heterocycles. The number of unbranched alkanes of at least 4 members (excludes halogenated alkanes) is 1. The number of hydrogen-bond acceptors (Lipinski definition) is 0. The zero-order valence-corrected chi connectivity index (χ0v) is 12.1. The molecule has 2 aromatic carbocycles. The van der Waals surface area contributed by atoms with E-state index in [0.717, 1.165) is 5.56 Å². The van der Waals surface area contributed by atoms with Crippen LogP contribution < -0.4 is 0 Å². The van der Waals surface area contributed by atoms with Gasteiger partial charge in [0.1, 0.15) is 17.2 Å². The van der Waals surface area contributed by atoms with E-state index in [4.69, 9.17) is 0 Å². The molecule has 0 spiro atoms. The molecule has 0 amide bonds. The Morgan fingerprint density at radius 2 is 1.35 bits per heavy atom. The average Bonchev–Trinajstić information content (AvgIpc) is 2.46. The van der Waals surface area contributed by atoms with E-state index in [0.29, 0.717) is 37.0 Å². The van der Waals surface area contributed by atoms with E-state index in [1.165, 1.54) is 0 Å². The lowest BCUT2D eigenvalue weighted by molar-refractivity contribution is -0.142. The molecule has 6 heteroatoms. The van der Waals surface area contributed by atoms with Gasteiger partial charge in [0.2, 0.25) is 0 Å². The van der Waals surface area contributed by atoms with Crippen LogP contribution in [0, 0.1) is 11.6 Å². The van der Waals surface area contributed by atoms with Crippen LogP contribution in [0.5, 0.6) is 0 Å². The van der Waals surface area contributed by atoms with E-state index in [-0.39, 0.29) is 12.2 Å². The van der Waals surface area contributed by atoms with E-state index >= 15 is 0 Å². The SMILES string of the molecule is FCCCCc1ccc(-c2cc(F)c(C(F)(F)F)c(F)c2)cc1. The predicted molar refractivity (Wildman–Crippen MR) is 75.7 cm³/mol. The molecule has 0 N–H and O–H groups in total. The summed E-state index contributed by atoms with van der Waals surface area (Å²) in [4.78, 5) is 0. The van der Waals surface area contributed by atoms with Crippen LogP contribution in [0.3, 0.4) is 0 Å². The lowest BCUT2D eigenvalue weighted by atomic mass is 10.00. The molecule has 0 fully saturated rings. The molecule has 0 unspecified atom stereocenters. The van der Waals surface area contributed by atoms with Crippen molar-refractivity contribution in [2.75, 3.05) is 6.67 Å². The molecule has 2 rings (SSSR count). The second-order valence-electron chi connectivity index (χ2n) is 5.16. The van der Waals surface area contributed by atoms with E-state index in [1.807, 2.05) is 0 Å². The summed E-state index contributed by atoms with van der Waals surface area (Å²) in [6.07, 6.45) is -3.27. The summed E-state index contributed by atoms with van der Waals surface area (Å²) in [5.41, 5.74) is -0.520. The largest absolute Gasteiger partial charge is 0.422 e. The predicted octanol–water partition coefficient (Wildman–Crippen LogP) is 5.94. The van der Waals surface area contributed by atoms with Gasteiger partial charge in [0.25, 0.3) is 0 Å². The molecule has 23 heavy (non-hydrogen) atoms. The molecular formula is C17H14F6. The smallest absolute Gasteiger partial charge is 0.251 e. The first-order valence-electron chi connectivity index (χ1n) is 7.04. The molecule has 0 aliphatic heterocycles. The first-order valence-corrected chi connectivity index (χ1v) is 7.04. The Kier molecular flexibility index (Phi) is 5.34. The van der Waals surface area contributed by atoms with Gasteiger partial charge in [-0.05, 0) is 48.1 Å². The van der Waals surface area contributed by atoms with Crippen molar-refractivity contribution in [1.29, 1.82) is 0 Å². The minimum absolute atomic E-state index is 0.0308. The Balaban J connectivity index is 2.25. The maximum absolute atomic E-state index is 13.6. The van der Waals surface area contributed by atoms with Gasteiger partial charge in [-0.1, -0.05) is 24.3 Å². The topological polar surface area (TPSA) is 0 Å². The highest BCUT2D eigenvalue weighted by molar-refractivity contribution is 5.64. The monoisotopic (exact) mass is 332 g/mol. The fraction of sp³-hybridized carbons (Fsp3) is 0.294. The molecule has 0 aliphatic rings. The summed E-state index contributed by atoms with van der Waals surface area (Å²) in [7, 11) is 0. The minimum Gasteiger partial charge on any atom is -0.251 e. The molecule has 0 radical (unpaired) electrons. The van der Waals surface area contributed by atoms with E-state index < -0.39 is 23.4 Å².